The highest BCUT2D eigenvalue weighted by Crippen LogP contribution is 2.30. The van der Waals surface area contributed by atoms with Gasteiger partial charge in [0.15, 0.2) is 0 Å². The molecule has 1 N–H and O–H groups in total. The number of nitrogens with zero attached hydrogens (tertiary/aromatic N) is 1. The molecular formula is C23H32N2O4S. The number of para-hydroxylation sites is 2. The van der Waals surface area contributed by atoms with Crippen molar-refractivity contribution in [3.8, 4) is 5.75 Å². The number of ether oxygens (including phenoxy) is 1. The molecule has 0 aliphatic rings. The predicted octanol–water partition coefficient (Wildman–Crippen LogP) is 3.72. The van der Waals surface area contributed by atoms with Crippen molar-refractivity contribution >= 4 is 21.6 Å². The van der Waals surface area contributed by atoms with Crippen LogP contribution in [-0.2, 0) is 20.2 Å². The Morgan fingerprint density at radius 2 is 1.67 bits per heavy atom. The highest BCUT2D eigenvalue weighted by Gasteiger charge is 2.31. The van der Waals surface area contributed by atoms with Crippen molar-refractivity contribution in [1.82, 2.24) is 5.32 Å². The van der Waals surface area contributed by atoms with Crippen LogP contribution in [0.4, 0.5) is 5.69 Å². The lowest BCUT2D eigenvalue weighted by molar-refractivity contribution is -0.122. The number of carbonyl (C=O) groups excluding carboxylic acids is 1. The second-order valence-corrected chi connectivity index (χ2v) is 10.1. The Hall–Kier alpha value is -2.54. The third-order valence-corrected chi connectivity index (χ3v) is 5.87. The Labute approximate surface area is 180 Å². The molecule has 0 fully saturated rings. The molecule has 7 heteroatoms. The van der Waals surface area contributed by atoms with Gasteiger partial charge in [0.2, 0.25) is 15.9 Å². The van der Waals surface area contributed by atoms with E-state index in [-0.39, 0.29) is 17.9 Å². The zero-order valence-corrected chi connectivity index (χ0v) is 19.2. The minimum Gasteiger partial charge on any atom is -0.491 e. The van der Waals surface area contributed by atoms with Crippen molar-refractivity contribution in [1.29, 1.82) is 0 Å². The van der Waals surface area contributed by atoms with Gasteiger partial charge in [-0.25, -0.2) is 8.42 Å². The van der Waals surface area contributed by atoms with Crippen molar-refractivity contribution in [2.24, 2.45) is 0 Å². The van der Waals surface area contributed by atoms with E-state index < -0.39 is 16.1 Å². The van der Waals surface area contributed by atoms with Crippen molar-refractivity contribution in [3.05, 3.63) is 60.2 Å². The van der Waals surface area contributed by atoms with Gasteiger partial charge < -0.3 is 10.1 Å². The smallest absolute Gasteiger partial charge is 0.244 e. The largest absolute Gasteiger partial charge is 0.491 e. The molecule has 0 aliphatic carbocycles. The SMILES string of the molecule is CCC(C(=O)NCCOc1ccccc1C(C)(C)C)N(c1ccccc1)S(C)(=O)=O. The predicted molar refractivity (Wildman–Crippen MR) is 121 cm³/mol. The molecule has 0 saturated heterocycles. The zero-order valence-electron chi connectivity index (χ0n) is 18.4. The molecule has 0 aliphatic heterocycles. The molecule has 0 spiro atoms. The summed E-state index contributed by atoms with van der Waals surface area (Å²) in [7, 11) is -3.63. The number of sulfonamides is 1. The van der Waals surface area contributed by atoms with E-state index in [9.17, 15) is 13.2 Å². The standard InChI is InChI=1S/C23H32N2O4S/c1-6-20(25(30(5,27)28)18-12-8-7-9-13-18)22(26)24-16-17-29-21-15-11-10-14-19(21)23(2,3)4/h7-15,20H,6,16-17H2,1-5H3,(H,24,26). The van der Waals surface area contributed by atoms with E-state index in [0.29, 0.717) is 18.7 Å². The first-order chi connectivity index (χ1) is 14.1. The summed E-state index contributed by atoms with van der Waals surface area (Å²) in [5, 5.41) is 2.81. The van der Waals surface area contributed by atoms with E-state index >= 15 is 0 Å². The number of rotatable bonds is 9. The van der Waals surface area contributed by atoms with Crippen molar-refractivity contribution in [2.75, 3.05) is 23.7 Å². The molecule has 2 aromatic carbocycles. The van der Waals surface area contributed by atoms with E-state index in [1.54, 1.807) is 37.3 Å². The van der Waals surface area contributed by atoms with Crippen molar-refractivity contribution in [2.45, 2.75) is 45.6 Å². The van der Waals surface area contributed by atoms with E-state index in [1.807, 2.05) is 24.3 Å². The lowest BCUT2D eigenvalue weighted by Crippen LogP contribution is -2.50. The first kappa shape index (κ1) is 23.7. The molecule has 30 heavy (non-hydrogen) atoms. The Morgan fingerprint density at radius 1 is 1.07 bits per heavy atom. The number of benzene rings is 2. The summed E-state index contributed by atoms with van der Waals surface area (Å²) in [6, 6.07) is 15.7. The first-order valence-corrected chi connectivity index (χ1v) is 11.9. The van der Waals surface area contributed by atoms with Crippen LogP contribution in [0.15, 0.2) is 54.6 Å². The van der Waals surface area contributed by atoms with Crippen LogP contribution in [0.2, 0.25) is 0 Å². The topological polar surface area (TPSA) is 75.7 Å². The summed E-state index contributed by atoms with van der Waals surface area (Å²) >= 11 is 0. The highest BCUT2D eigenvalue weighted by atomic mass is 32.2. The maximum absolute atomic E-state index is 12.8. The van der Waals surface area contributed by atoms with Crippen molar-refractivity contribution < 1.29 is 17.9 Å². The maximum Gasteiger partial charge on any atom is 0.244 e. The van der Waals surface area contributed by atoms with Crippen LogP contribution >= 0.6 is 0 Å². The minimum atomic E-state index is -3.63. The Bertz CT molecular complexity index is 937. The molecule has 2 rings (SSSR count). The lowest BCUT2D eigenvalue weighted by Gasteiger charge is -2.30. The summed E-state index contributed by atoms with van der Waals surface area (Å²) in [6.07, 6.45) is 1.46. The second-order valence-electron chi connectivity index (χ2n) is 8.20. The molecule has 0 heterocycles. The fraction of sp³-hybridized carbons (Fsp3) is 0.435. The van der Waals surface area contributed by atoms with Gasteiger partial charge in [0.25, 0.3) is 0 Å². The molecule has 0 saturated carbocycles. The molecule has 1 atom stereocenters. The molecule has 6 nitrogen and oxygen atoms in total. The van der Waals surface area contributed by atoms with Crippen LogP contribution in [0.3, 0.4) is 0 Å². The summed E-state index contributed by atoms with van der Waals surface area (Å²) in [5.41, 5.74) is 1.51. The minimum absolute atomic E-state index is 0.0567. The van der Waals surface area contributed by atoms with Gasteiger partial charge in [0.1, 0.15) is 18.4 Å². The fourth-order valence-corrected chi connectivity index (χ4v) is 4.51. The van der Waals surface area contributed by atoms with Crippen LogP contribution < -0.4 is 14.4 Å². The van der Waals surface area contributed by atoms with Crippen LogP contribution in [0.1, 0.15) is 39.7 Å². The highest BCUT2D eigenvalue weighted by molar-refractivity contribution is 7.92. The third-order valence-electron chi connectivity index (χ3n) is 4.69. The summed E-state index contributed by atoms with van der Waals surface area (Å²) in [5.74, 6) is 0.438. The molecule has 2 aromatic rings. The maximum atomic E-state index is 12.8. The summed E-state index contributed by atoms with van der Waals surface area (Å²) in [6.45, 7) is 8.71. The van der Waals surface area contributed by atoms with Crippen LogP contribution in [-0.4, -0.2) is 39.8 Å². The van der Waals surface area contributed by atoms with Gasteiger partial charge in [0, 0.05) is 0 Å². The number of amides is 1. The first-order valence-electron chi connectivity index (χ1n) is 10.1. The molecule has 1 amide bonds. The average molecular weight is 433 g/mol. The van der Waals surface area contributed by atoms with Crippen LogP contribution in [0.25, 0.3) is 0 Å². The molecular weight excluding hydrogens is 400 g/mol. The molecule has 164 valence electrons. The van der Waals surface area contributed by atoms with Crippen molar-refractivity contribution in [3.63, 3.8) is 0 Å². The van der Waals surface area contributed by atoms with E-state index in [4.69, 9.17) is 4.74 Å². The Kier molecular flexibility index (Phi) is 7.89. The normalized spacial score (nSPS) is 12.8. The fourth-order valence-electron chi connectivity index (χ4n) is 3.30. The summed E-state index contributed by atoms with van der Waals surface area (Å²) < 4.78 is 31.9. The second kappa shape index (κ2) is 9.98. The van der Waals surface area contributed by atoms with Gasteiger partial charge in [-0.3, -0.25) is 9.10 Å². The Balaban J connectivity index is 2.04. The zero-order chi connectivity index (χ0) is 22.4. The molecule has 1 unspecified atom stereocenters. The van der Waals surface area contributed by atoms with Gasteiger partial charge in [-0.05, 0) is 35.6 Å². The third kappa shape index (κ3) is 6.23. The summed E-state index contributed by atoms with van der Waals surface area (Å²) in [4.78, 5) is 12.8. The molecule has 0 radical (unpaired) electrons. The van der Waals surface area contributed by atoms with E-state index in [1.165, 1.54) is 4.31 Å². The van der Waals surface area contributed by atoms with Gasteiger partial charge in [-0.15, -0.1) is 0 Å². The van der Waals surface area contributed by atoms with Gasteiger partial charge >= 0.3 is 0 Å². The lowest BCUT2D eigenvalue weighted by atomic mass is 9.86. The number of nitrogens with one attached hydrogen (secondary N) is 1. The number of carbonyl (C=O) groups is 1. The van der Waals surface area contributed by atoms with Gasteiger partial charge in [0.05, 0.1) is 18.5 Å². The quantitative estimate of drug-likeness (QED) is 0.613. The molecule has 0 bridgehead atoms. The number of anilines is 1. The number of hydrogen-bond acceptors (Lipinski definition) is 4. The van der Waals surface area contributed by atoms with Gasteiger partial charge in [-0.2, -0.15) is 0 Å². The monoisotopic (exact) mass is 432 g/mol. The van der Waals surface area contributed by atoms with E-state index in [2.05, 4.69) is 26.1 Å². The van der Waals surface area contributed by atoms with E-state index in [0.717, 1.165) is 17.6 Å². The van der Waals surface area contributed by atoms with Gasteiger partial charge in [-0.1, -0.05) is 64.1 Å². The molecule has 0 aromatic heterocycles. The number of hydrogen-bond donors (Lipinski definition) is 1. The Morgan fingerprint density at radius 3 is 2.23 bits per heavy atom. The van der Waals surface area contributed by atoms with Crippen LogP contribution in [0, 0.1) is 0 Å². The average Bonchev–Trinajstić information content (AvgIpc) is 2.68. The van der Waals surface area contributed by atoms with Crippen LogP contribution in [0.5, 0.6) is 5.75 Å².